The van der Waals surface area contributed by atoms with Crippen molar-refractivity contribution in [2.45, 2.75) is 35.4 Å². The van der Waals surface area contributed by atoms with E-state index in [1.165, 1.54) is 22.1 Å². The monoisotopic (exact) mass is 404 g/mol. The van der Waals surface area contributed by atoms with E-state index in [1.54, 1.807) is 18.7 Å². The first-order valence-electron chi connectivity index (χ1n) is 8.73. The van der Waals surface area contributed by atoms with Crippen LogP contribution in [0.3, 0.4) is 0 Å². The first kappa shape index (κ1) is 19.7. The third kappa shape index (κ3) is 5.02. The van der Waals surface area contributed by atoms with Crippen LogP contribution in [0.1, 0.15) is 30.4 Å². The van der Waals surface area contributed by atoms with Crippen molar-refractivity contribution in [2.24, 2.45) is 0 Å². The normalized spacial score (nSPS) is 20.8. The largest absolute Gasteiger partial charge is 0.451 e. The molecule has 3 atom stereocenters. The highest BCUT2D eigenvalue weighted by molar-refractivity contribution is 8.19. The fourth-order valence-corrected chi connectivity index (χ4v) is 7.44. The lowest BCUT2D eigenvalue weighted by molar-refractivity contribution is -0.136. The van der Waals surface area contributed by atoms with Gasteiger partial charge in [-0.3, -0.25) is 0 Å². The van der Waals surface area contributed by atoms with E-state index in [0.717, 1.165) is 6.42 Å². The lowest BCUT2D eigenvalue weighted by atomic mass is 10.1. The molecule has 1 saturated heterocycles. The number of esters is 1. The first-order valence-corrected chi connectivity index (χ1v) is 11.8. The van der Waals surface area contributed by atoms with E-state index in [1.807, 2.05) is 11.8 Å². The Morgan fingerprint density at radius 1 is 1.31 bits per heavy atom. The van der Waals surface area contributed by atoms with Gasteiger partial charge in [0.1, 0.15) is 5.94 Å². The molecule has 0 aliphatic carbocycles. The standard InChI is InChI=1S/C21H24O2S3/c1-14(2)20(22)23-13-25-15(3)11-17-12-24-21(26-17)19-10-6-8-16-7-4-5-9-18(16)19/h4-10,15,17,21H,1,11-13H2,2-3H3/t15?,17?,21-/m1/s1. The Labute approximate surface area is 168 Å². The van der Waals surface area contributed by atoms with Gasteiger partial charge in [-0.2, -0.15) is 0 Å². The van der Waals surface area contributed by atoms with Gasteiger partial charge in [0.15, 0.2) is 0 Å². The molecule has 1 aliphatic rings. The Morgan fingerprint density at radius 2 is 2.08 bits per heavy atom. The minimum Gasteiger partial charge on any atom is -0.451 e. The molecule has 1 heterocycles. The van der Waals surface area contributed by atoms with E-state index in [9.17, 15) is 4.79 Å². The summed E-state index contributed by atoms with van der Waals surface area (Å²) in [5, 5.41) is 3.80. The molecule has 0 N–H and O–H groups in total. The maximum Gasteiger partial charge on any atom is 0.333 e. The minimum absolute atomic E-state index is 0.300. The second-order valence-electron chi connectivity index (χ2n) is 6.53. The van der Waals surface area contributed by atoms with Crippen LogP contribution in [0.5, 0.6) is 0 Å². The topological polar surface area (TPSA) is 26.3 Å². The van der Waals surface area contributed by atoms with Gasteiger partial charge in [-0.05, 0) is 29.7 Å². The smallest absolute Gasteiger partial charge is 0.333 e. The molecule has 2 nitrogen and oxygen atoms in total. The summed E-state index contributed by atoms with van der Waals surface area (Å²) in [5.74, 6) is 1.28. The average molecular weight is 405 g/mol. The van der Waals surface area contributed by atoms with Crippen LogP contribution in [0, 0.1) is 0 Å². The third-order valence-electron chi connectivity index (χ3n) is 4.31. The molecule has 1 aliphatic heterocycles. The van der Waals surface area contributed by atoms with Gasteiger partial charge in [-0.25, -0.2) is 4.79 Å². The number of rotatable bonds is 7. The molecule has 0 spiro atoms. The Hall–Kier alpha value is -1.04. The van der Waals surface area contributed by atoms with Crippen LogP contribution in [0.25, 0.3) is 10.8 Å². The predicted octanol–water partition coefficient (Wildman–Crippen LogP) is 6.28. The molecule has 0 radical (unpaired) electrons. The summed E-state index contributed by atoms with van der Waals surface area (Å²) in [6, 6.07) is 15.3. The Bertz CT molecular complexity index is 784. The minimum atomic E-state index is -0.300. The number of thioether (sulfide) groups is 3. The molecule has 26 heavy (non-hydrogen) atoms. The van der Waals surface area contributed by atoms with Crippen molar-refractivity contribution in [3.63, 3.8) is 0 Å². The number of benzene rings is 2. The molecule has 2 aromatic rings. The summed E-state index contributed by atoms with van der Waals surface area (Å²) >= 11 is 5.83. The van der Waals surface area contributed by atoms with E-state index < -0.39 is 0 Å². The van der Waals surface area contributed by atoms with Crippen molar-refractivity contribution in [1.29, 1.82) is 0 Å². The van der Waals surface area contributed by atoms with Gasteiger partial charge in [-0.15, -0.1) is 35.3 Å². The fraction of sp³-hybridized carbons (Fsp3) is 0.381. The van der Waals surface area contributed by atoms with Crippen LogP contribution < -0.4 is 0 Å². The van der Waals surface area contributed by atoms with E-state index in [2.05, 4.69) is 67.7 Å². The Kier molecular flexibility index (Phi) is 7.01. The maximum absolute atomic E-state index is 11.4. The van der Waals surface area contributed by atoms with E-state index in [-0.39, 0.29) is 5.97 Å². The Morgan fingerprint density at radius 3 is 2.88 bits per heavy atom. The van der Waals surface area contributed by atoms with Crippen LogP contribution >= 0.6 is 35.3 Å². The van der Waals surface area contributed by atoms with Crippen molar-refractivity contribution in [3.05, 3.63) is 60.2 Å². The fourth-order valence-electron chi connectivity index (χ4n) is 2.96. The SMILES string of the molecule is C=C(C)C(=O)OCSC(C)CC1CS[C@@H](c2cccc3ccccc23)S1. The quantitative estimate of drug-likeness (QED) is 0.308. The van der Waals surface area contributed by atoms with Gasteiger partial charge in [-0.1, -0.05) is 56.0 Å². The highest BCUT2D eigenvalue weighted by Crippen LogP contribution is 2.52. The molecule has 0 saturated carbocycles. The molecule has 5 heteroatoms. The molecule has 3 rings (SSSR count). The predicted molar refractivity (Wildman–Crippen MR) is 118 cm³/mol. The van der Waals surface area contributed by atoms with Crippen LogP contribution in [0.2, 0.25) is 0 Å². The Balaban J connectivity index is 1.52. The van der Waals surface area contributed by atoms with Crippen molar-refractivity contribution in [3.8, 4) is 0 Å². The van der Waals surface area contributed by atoms with Gasteiger partial charge in [0.2, 0.25) is 0 Å². The molecular formula is C21H24O2S3. The molecule has 2 unspecified atom stereocenters. The summed E-state index contributed by atoms with van der Waals surface area (Å²) in [6.07, 6.45) is 1.13. The zero-order valence-corrected chi connectivity index (χ0v) is 17.6. The van der Waals surface area contributed by atoms with Crippen LogP contribution in [-0.2, 0) is 9.53 Å². The number of fused-ring (bicyclic) bond motifs is 1. The van der Waals surface area contributed by atoms with Crippen molar-refractivity contribution in [2.75, 3.05) is 11.7 Å². The summed E-state index contributed by atoms with van der Waals surface area (Å²) in [6.45, 7) is 7.50. The first-order chi connectivity index (χ1) is 12.5. The van der Waals surface area contributed by atoms with Gasteiger partial charge in [0.05, 0.1) is 4.58 Å². The van der Waals surface area contributed by atoms with Crippen LogP contribution in [0.4, 0.5) is 0 Å². The van der Waals surface area contributed by atoms with Crippen molar-refractivity contribution in [1.82, 2.24) is 0 Å². The van der Waals surface area contributed by atoms with Gasteiger partial charge < -0.3 is 4.74 Å². The maximum atomic E-state index is 11.4. The lowest BCUT2D eigenvalue weighted by Gasteiger charge is -2.16. The lowest BCUT2D eigenvalue weighted by Crippen LogP contribution is -2.12. The number of carbonyl (C=O) groups excluding carboxylic acids is 1. The molecule has 1 fully saturated rings. The molecule has 0 aromatic heterocycles. The number of hydrogen-bond donors (Lipinski definition) is 0. The van der Waals surface area contributed by atoms with E-state index in [0.29, 0.717) is 26.6 Å². The van der Waals surface area contributed by atoms with Gasteiger partial charge >= 0.3 is 5.97 Å². The molecular weight excluding hydrogens is 380 g/mol. The molecule has 138 valence electrons. The van der Waals surface area contributed by atoms with Crippen LogP contribution in [-0.4, -0.2) is 28.2 Å². The number of ether oxygens (including phenoxy) is 1. The zero-order valence-electron chi connectivity index (χ0n) is 15.1. The van der Waals surface area contributed by atoms with Crippen molar-refractivity contribution >= 4 is 52.0 Å². The molecule has 2 aromatic carbocycles. The highest BCUT2D eigenvalue weighted by atomic mass is 32.2. The van der Waals surface area contributed by atoms with Gasteiger partial charge in [0.25, 0.3) is 0 Å². The third-order valence-corrected chi connectivity index (χ3v) is 8.68. The summed E-state index contributed by atoms with van der Waals surface area (Å²) in [7, 11) is 0. The van der Waals surface area contributed by atoms with Gasteiger partial charge in [0, 0.05) is 21.8 Å². The van der Waals surface area contributed by atoms with E-state index >= 15 is 0 Å². The van der Waals surface area contributed by atoms with Crippen LogP contribution in [0.15, 0.2) is 54.6 Å². The summed E-state index contributed by atoms with van der Waals surface area (Å²) in [4.78, 5) is 11.4. The number of hydrogen-bond acceptors (Lipinski definition) is 5. The molecule has 0 bridgehead atoms. The second kappa shape index (κ2) is 9.25. The summed E-state index contributed by atoms with van der Waals surface area (Å²) in [5.41, 5.74) is 1.90. The van der Waals surface area contributed by atoms with E-state index in [4.69, 9.17) is 4.74 Å². The zero-order chi connectivity index (χ0) is 18.5. The average Bonchev–Trinajstić information content (AvgIpc) is 3.09. The highest BCUT2D eigenvalue weighted by Gasteiger charge is 2.29. The molecule has 0 amide bonds. The summed E-state index contributed by atoms with van der Waals surface area (Å²) < 4.78 is 5.69. The number of carbonyl (C=O) groups is 1. The second-order valence-corrected chi connectivity index (χ2v) is 10.8. The van der Waals surface area contributed by atoms with Crippen molar-refractivity contribution < 1.29 is 9.53 Å².